The third kappa shape index (κ3) is 1.96. The SMILES string of the molecule is CC.Clc1nc2ccccc2s1. The lowest BCUT2D eigenvalue weighted by molar-refractivity contribution is 1.50. The molecule has 2 aromatic rings. The second kappa shape index (κ2) is 4.43. The number of fused-ring (bicyclic) bond motifs is 1. The number of thiazole rings is 1. The summed E-state index contributed by atoms with van der Waals surface area (Å²) in [5.74, 6) is 0. The fourth-order valence-electron chi connectivity index (χ4n) is 0.844. The van der Waals surface area contributed by atoms with E-state index in [1.54, 1.807) is 0 Å². The van der Waals surface area contributed by atoms with Gasteiger partial charge in [-0.15, -0.1) is 11.3 Å². The van der Waals surface area contributed by atoms with Gasteiger partial charge in [-0.25, -0.2) is 4.98 Å². The molecule has 0 amide bonds. The second-order valence-electron chi connectivity index (χ2n) is 1.93. The lowest BCUT2D eigenvalue weighted by Crippen LogP contribution is -1.62. The average Bonchev–Trinajstić information content (AvgIpc) is 2.48. The molecule has 0 aliphatic heterocycles. The van der Waals surface area contributed by atoms with Crippen LogP contribution in [0.2, 0.25) is 4.47 Å². The van der Waals surface area contributed by atoms with E-state index in [2.05, 4.69) is 4.98 Å². The zero-order valence-electron chi connectivity index (χ0n) is 7.04. The van der Waals surface area contributed by atoms with Crippen molar-refractivity contribution in [2.45, 2.75) is 13.8 Å². The van der Waals surface area contributed by atoms with E-state index < -0.39 is 0 Å². The fourth-order valence-corrected chi connectivity index (χ4v) is 1.87. The Labute approximate surface area is 81.0 Å². The van der Waals surface area contributed by atoms with E-state index in [4.69, 9.17) is 11.6 Å². The highest BCUT2D eigenvalue weighted by Gasteiger charge is 1.97. The number of halogens is 1. The van der Waals surface area contributed by atoms with Gasteiger partial charge in [-0.05, 0) is 12.1 Å². The van der Waals surface area contributed by atoms with E-state index in [1.807, 2.05) is 38.1 Å². The van der Waals surface area contributed by atoms with Gasteiger partial charge in [0.15, 0.2) is 4.47 Å². The van der Waals surface area contributed by atoms with Crippen LogP contribution < -0.4 is 0 Å². The molecule has 0 fully saturated rings. The maximum Gasteiger partial charge on any atom is 0.184 e. The average molecular weight is 200 g/mol. The molecule has 1 aromatic heterocycles. The van der Waals surface area contributed by atoms with Crippen molar-refractivity contribution < 1.29 is 0 Å². The Kier molecular flexibility index (Phi) is 3.50. The monoisotopic (exact) mass is 199 g/mol. The molecular weight excluding hydrogens is 190 g/mol. The molecule has 1 heterocycles. The zero-order valence-corrected chi connectivity index (χ0v) is 8.62. The van der Waals surface area contributed by atoms with Gasteiger partial charge in [0, 0.05) is 0 Å². The van der Waals surface area contributed by atoms with E-state index in [0.717, 1.165) is 10.2 Å². The van der Waals surface area contributed by atoms with Crippen LogP contribution in [0.5, 0.6) is 0 Å². The highest BCUT2D eigenvalue weighted by molar-refractivity contribution is 7.22. The lowest BCUT2D eigenvalue weighted by atomic mass is 10.3. The lowest BCUT2D eigenvalue weighted by Gasteiger charge is -1.80. The first-order valence-corrected chi connectivity index (χ1v) is 5.07. The van der Waals surface area contributed by atoms with Crippen LogP contribution in [-0.2, 0) is 0 Å². The van der Waals surface area contributed by atoms with Gasteiger partial charge in [0.05, 0.1) is 10.2 Å². The predicted molar refractivity (Wildman–Crippen MR) is 56.0 cm³/mol. The van der Waals surface area contributed by atoms with Crippen LogP contribution in [0.3, 0.4) is 0 Å². The van der Waals surface area contributed by atoms with Gasteiger partial charge in [-0.1, -0.05) is 37.6 Å². The smallest absolute Gasteiger partial charge is 0.184 e. The molecule has 0 radical (unpaired) electrons. The summed E-state index contributed by atoms with van der Waals surface area (Å²) in [5.41, 5.74) is 0.984. The molecule has 0 saturated carbocycles. The van der Waals surface area contributed by atoms with Crippen molar-refractivity contribution in [1.29, 1.82) is 0 Å². The minimum absolute atomic E-state index is 0.612. The van der Waals surface area contributed by atoms with Gasteiger partial charge in [0.25, 0.3) is 0 Å². The maximum atomic E-state index is 5.69. The predicted octanol–water partition coefficient (Wildman–Crippen LogP) is 3.98. The third-order valence-electron chi connectivity index (χ3n) is 1.27. The molecule has 1 nitrogen and oxygen atoms in total. The van der Waals surface area contributed by atoms with Gasteiger partial charge < -0.3 is 0 Å². The van der Waals surface area contributed by atoms with Crippen LogP contribution in [0.1, 0.15) is 13.8 Å². The summed E-state index contributed by atoms with van der Waals surface area (Å²) in [6.07, 6.45) is 0. The Morgan fingerprint density at radius 2 is 1.92 bits per heavy atom. The Balaban J connectivity index is 0.000000336. The summed E-state index contributed by atoms with van der Waals surface area (Å²) in [6.45, 7) is 4.00. The van der Waals surface area contributed by atoms with E-state index in [9.17, 15) is 0 Å². The maximum absolute atomic E-state index is 5.69. The molecule has 0 spiro atoms. The molecule has 2 rings (SSSR count). The van der Waals surface area contributed by atoms with Crippen molar-refractivity contribution in [2.24, 2.45) is 0 Å². The van der Waals surface area contributed by atoms with Crippen molar-refractivity contribution in [3.63, 3.8) is 0 Å². The number of rotatable bonds is 0. The summed E-state index contributed by atoms with van der Waals surface area (Å²) in [6, 6.07) is 7.91. The molecule has 64 valence electrons. The topological polar surface area (TPSA) is 12.9 Å². The Morgan fingerprint density at radius 3 is 2.58 bits per heavy atom. The summed E-state index contributed by atoms with van der Waals surface area (Å²) < 4.78 is 1.76. The van der Waals surface area contributed by atoms with Gasteiger partial charge in [0.1, 0.15) is 0 Å². The fraction of sp³-hybridized carbons (Fsp3) is 0.222. The first kappa shape index (κ1) is 9.49. The van der Waals surface area contributed by atoms with Crippen LogP contribution in [-0.4, -0.2) is 4.98 Å². The first-order chi connectivity index (χ1) is 5.86. The summed E-state index contributed by atoms with van der Waals surface area (Å²) in [5, 5.41) is 0. The van der Waals surface area contributed by atoms with Crippen molar-refractivity contribution in [1.82, 2.24) is 4.98 Å². The molecule has 0 saturated heterocycles. The molecule has 0 atom stereocenters. The van der Waals surface area contributed by atoms with Crippen LogP contribution in [0.25, 0.3) is 10.2 Å². The number of hydrogen-bond donors (Lipinski definition) is 0. The molecule has 3 heteroatoms. The number of hydrogen-bond acceptors (Lipinski definition) is 2. The Hall–Kier alpha value is -0.600. The van der Waals surface area contributed by atoms with E-state index in [0.29, 0.717) is 4.47 Å². The largest absolute Gasteiger partial charge is 0.225 e. The molecule has 12 heavy (non-hydrogen) atoms. The minimum Gasteiger partial charge on any atom is -0.225 e. The van der Waals surface area contributed by atoms with Crippen LogP contribution in [0.15, 0.2) is 24.3 Å². The minimum atomic E-state index is 0.612. The number of aromatic nitrogens is 1. The molecule has 0 bridgehead atoms. The van der Waals surface area contributed by atoms with Crippen molar-refractivity contribution in [3.05, 3.63) is 28.7 Å². The molecule has 0 N–H and O–H groups in total. The first-order valence-electron chi connectivity index (χ1n) is 3.87. The highest BCUT2D eigenvalue weighted by Crippen LogP contribution is 2.24. The molecule has 0 unspecified atom stereocenters. The molecule has 1 aromatic carbocycles. The van der Waals surface area contributed by atoms with Gasteiger partial charge >= 0.3 is 0 Å². The molecule has 0 aliphatic carbocycles. The summed E-state index contributed by atoms with van der Waals surface area (Å²) in [7, 11) is 0. The third-order valence-corrected chi connectivity index (χ3v) is 2.41. The summed E-state index contributed by atoms with van der Waals surface area (Å²) >= 11 is 7.20. The van der Waals surface area contributed by atoms with E-state index in [1.165, 1.54) is 11.3 Å². The molecule has 0 aliphatic rings. The van der Waals surface area contributed by atoms with Gasteiger partial charge in [0.2, 0.25) is 0 Å². The van der Waals surface area contributed by atoms with Gasteiger partial charge in [-0.2, -0.15) is 0 Å². The van der Waals surface area contributed by atoms with Gasteiger partial charge in [-0.3, -0.25) is 0 Å². The summed E-state index contributed by atoms with van der Waals surface area (Å²) in [4.78, 5) is 4.10. The quantitative estimate of drug-likeness (QED) is 0.626. The highest BCUT2D eigenvalue weighted by atomic mass is 35.5. The van der Waals surface area contributed by atoms with Crippen molar-refractivity contribution in [2.75, 3.05) is 0 Å². The normalized spacial score (nSPS) is 9.25. The van der Waals surface area contributed by atoms with E-state index >= 15 is 0 Å². The zero-order chi connectivity index (χ0) is 8.97. The van der Waals surface area contributed by atoms with Crippen LogP contribution in [0.4, 0.5) is 0 Å². The number of benzene rings is 1. The molecular formula is C9H10ClNS. The second-order valence-corrected chi connectivity index (χ2v) is 3.55. The van der Waals surface area contributed by atoms with Crippen LogP contribution >= 0.6 is 22.9 Å². The Bertz CT molecular complexity index is 323. The Morgan fingerprint density at radius 1 is 1.25 bits per heavy atom. The van der Waals surface area contributed by atoms with Crippen LogP contribution in [0, 0.1) is 0 Å². The van der Waals surface area contributed by atoms with Crippen molar-refractivity contribution >= 4 is 33.2 Å². The van der Waals surface area contributed by atoms with Crippen molar-refractivity contribution in [3.8, 4) is 0 Å². The number of para-hydroxylation sites is 1. The number of nitrogens with zero attached hydrogens (tertiary/aromatic N) is 1. The van der Waals surface area contributed by atoms with E-state index in [-0.39, 0.29) is 0 Å². The standard InChI is InChI=1S/C7H4ClNS.C2H6/c8-7-9-5-3-1-2-4-6(5)10-7;1-2/h1-4H;1-2H3.